The summed E-state index contributed by atoms with van der Waals surface area (Å²) in [6.07, 6.45) is 4.22. The van der Waals surface area contributed by atoms with Crippen molar-refractivity contribution in [1.29, 1.82) is 0 Å². The second-order valence-electron chi connectivity index (χ2n) is 6.24. The molecule has 1 unspecified atom stereocenters. The third-order valence-corrected chi connectivity index (χ3v) is 4.47. The van der Waals surface area contributed by atoms with Gasteiger partial charge in [0.1, 0.15) is 0 Å². The number of fused-ring (bicyclic) bond motifs is 1. The molecule has 0 saturated heterocycles. The van der Waals surface area contributed by atoms with Crippen molar-refractivity contribution in [3.05, 3.63) is 71.9 Å². The summed E-state index contributed by atoms with van der Waals surface area (Å²) >= 11 is 0. The van der Waals surface area contributed by atoms with Crippen LogP contribution in [0.15, 0.2) is 65.8 Å². The highest BCUT2D eigenvalue weighted by molar-refractivity contribution is 14.0. The normalized spacial score (nSPS) is 12.5. The first kappa shape index (κ1) is 20.3. The summed E-state index contributed by atoms with van der Waals surface area (Å²) in [5.74, 6) is 0.843. The number of guanidine groups is 1. The molecule has 1 heterocycles. The molecule has 0 aliphatic heterocycles. The molecule has 0 radical (unpaired) electrons. The van der Waals surface area contributed by atoms with Crippen LogP contribution in [0.1, 0.15) is 30.5 Å². The lowest BCUT2D eigenvalue weighted by Crippen LogP contribution is -2.39. The number of aliphatic imine (C=N–C) groups is 1. The van der Waals surface area contributed by atoms with E-state index < -0.39 is 0 Å². The maximum atomic E-state index is 4.33. The van der Waals surface area contributed by atoms with E-state index in [0.717, 1.165) is 25.3 Å². The van der Waals surface area contributed by atoms with Gasteiger partial charge in [0.2, 0.25) is 0 Å². The van der Waals surface area contributed by atoms with Crippen molar-refractivity contribution in [3.63, 3.8) is 0 Å². The zero-order chi connectivity index (χ0) is 17.5. The summed E-state index contributed by atoms with van der Waals surface area (Å²) < 4.78 is 0. The van der Waals surface area contributed by atoms with Crippen molar-refractivity contribution in [2.75, 3.05) is 13.6 Å². The van der Waals surface area contributed by atoms with Crippen molar-refractivity contribution in [3.8, 4) is 0 Å². The summed E-state index contributed by atoms with van der Waals surface area (Å²) in [7, 11) is 1.81. The van der Waals surface area contributed by atoms with Crippen LogP contribution in [0.25, 0.3) is 10.9 Å². The largest absolute Gasteiger partial charge is 0.361 e. The van der Waals surface area contributed by atoms with Gasteiger partial charge in [-0.05, 0) is 37.0 Å². The Balaban J connectivity index is 0.00000243. The van der Waals surface area contributed by atoms with E-state index in [2.05, 4.69) is 82.3 Å². The Morgan fingerprint density at radius 1 is 1.08 bits per heavy atom. The van der Waals surface area contributed by atoms with Crippen LogP contribution in [0.5, 0.6) is 0 Å². The molecule has 138 valence electrons. The molecular formula is C21H27IN4. The molecule has 1 aromatic heterocycles. The van der Waals surface area contributed by atoms with Crippen LogP contribution >= 0.6 is 24.0 Å². The maximum absolute atomic E-state index is 4.33. The molecule has 0 fully saturated rings. The van der Waals surface area contributed by atoms with Gasteiger partial charge in [-0.15, -0.1) is 24.0 Å². The van der Waals surface area contributed by atoms with E-state index in [0.29, 0.717) is 0 Å². The number of nitrogens with zero attached hydrogens (tertiary/aromatic N) is 1. The lowest BCUT2D eigenvalue weighted by molar-refractivity contribution is 0.674. The molecule has 3 N–H and O–H groups in total. The van der Waals surface area contributed by atoms with Crippen LogP contribution in [-0.2, 0) is 6.42 Å². The van der Waals surface area contributed by atoms with Crippen LogP contribution in [0.2, 0.25) is 0 Å². The van der Waals surface area contributed by atoms with E-state index in [1.165, 1.54) is 22.0 Å². The first-order valence-electron chi connectivity index (χ1n) is 8.85. The van der Waals surface area contributed by atoms with E-state index in [9.17, 15) is 0 Å². The minimum Gasteiger partial charge on any atom is -0.361 e. The van der Waals surface area contributed by atoms with Gasteiger partial charge in [-0.3, -0.25) is 4.99 Å². The number of aromatic amines is 1. The van der Waals surface area contributed by atoms with Gasteiger partial charge >= 0.3 is 0 Å². The highest BCUT2D eigenvalue weighted by atomic mass is 127. The molecule has 0 saturated carbocycles. The lowest BCUT2D eigenvalue weighted by atomic mass is 10.1. The topological polar surface area (TPSA) is 52.2 Å². The van der Waals surface area contributed by atoms with Gasteiger partial charge in [0.25, 0.3) is 0 Å². The van der Waals surface area contributed by atoms with Gasteiger partial charge in [-0.2, -0.15) is 0 Å². The third kappa shape index (κ3) is 5.24. The Kier molecular flexibility index (Phi) is 7.97. The molecule has 0 aliphatic rings. The van der Waals surface area contributed by atoms with E-state index in [1.807, 2.05) is 13.1 Å². The Labute approximate surface area is 172 Å². The molecule has 0 bridgehead atoms. The fraction of sp³-hybridized carbons (Fsp3) is 0.286. The minimum absolute atomic E-state index is 0. The Hall–Kier alpha value is -2.02. The van der Waals surface area contributed by atoms with Crippen molar-refractivity contribution < 1.29 is 0 Å². The van der Waals surface area contributed by atoms with Crippen molar-refractivity contribution in [1.82, 2.24) is 15.6 Å². The summed E-state index contributed by atoms with van der Waals surface area (Å²) in [6, 6.07) is 19.1. The number of halogens is 1. The monoisotopic (exact) mass is 462 g/mol. The van der Waals surface area contributed by atoms with Gasteiger partial charge < -0.3 is 15.6 Å². The van der Waals surface area contributed by atoms with Crippen LogP contribution in [-0.4, -0.2) is 24.5 Å². The van der Waals surface area contributed by atoms with Crippen LogP contribution in [0.3, 0.4) is 0 Å². The molecule has 26 heavy (non-hydrogen) atoms. The van der Waals surface area contributed by atoms with E-state index in [1.54, 1.807) is 0 Å². The lowest BCUT2D eigenvalue weighted by Gasteiger charge is -2.18. The predicted molar refractivity (Wildman–Crippen MR) is 121 cm³/mol. The van der Waals surface area contributed by atoms with Crippen molar-refractivity contribution in [2.45, 2.75) is 25.8 Å². The molecule has 0 spiro atoms. The summed E-state index contributed by atoms with van der Waals surface area (Å²) in [5.41, 5.74) is 3.84. The van der Waals surface area contributed by atoms with Gasteiger partial charge in [0.15, 0.2) is 5.96 Å². The number of aryl methyl sites for hydroxylation is 1. The summed E-state index contributed by atoms with van der Waals surface area (Å²) in [6.45, 7) is 3.04. The van der Waals surface area contributed by atoms with Crippen LogP contribution in [0.4, 0.5) is 0 Å². The van der Waals surface area contributed by atoms with Crippen LogP contribution in [0, 0.1) is 0 Å². The highest BCUT2D eigenvalue weighted by Crippen LogP contribution is 2.18. The first-order chi connectivity index (χ1) is 12.3. The molecule has 3 aromatic rings. The number of nitrogens with one attached hydrogen (secondary N) is 3. The standard InChI is InChI=1S/C21H26N4.HI/c1-16(17-9-4-3-5-10-17)25-21(22-2)23-14-8-11-18-15-24-20-13-7-6-12-19(18)20;/h3-7,9-10,12-13,15-16,24H,8,11,14H2,1-2H3,(H2,22,23,25);1H. The number of hydrogen-bond acceptors (Lipinski definition) is 1. The van der Waals surface area contributed by atoms with E-state index in [-0.39, 0.29) is 30.0 Å². The van der Waals surface area contributed by atoms with E-state index >= 15 is 0 Å². The fourth-order valence-corrected chi connectivity index (χ4v) is 3.05. The second kappa shape index (κ2) is 10.2. The zero-order valence-corrected chi connectivity index (χ0v) is 17.7. The number of H-pyrrole nitrogens is 1. The average molecular weight is 462 g/mol. The Bertz CT molecular complexity index is 826. The number of hydrogen-bond donors (Lipinski definition) is 3. The molecule has 0 amide bonds. The number of aromatic nitrogens is 1. The molecule has 2 aromatic carbocycles. The van der Waals surface area contributed by atoms with Gasteiger partial charge in [0, 0.05) is 30.7 Å². The summed E-state index contributed by atoms with van der Waals surface area (Å²) in [4.78, 5) is 7.66. The molecule has 1 atom stereocenters. The van der Waals surface area contributed by atoms with Gasteiger partial charge in [-0.1, -0.05) is 48.5 Å². The quantitative estimate of drug-likeness (QED) is 0.216. The molecule has 0 aliphatic carbocycles. The maximum Gasteiger partial charge on any atom is 0.191 e. The fourth-order valence-electron chi connectivity index (χ4n) is 3.05. The van der Waals surface area contributed by atoms with Crippen molar-refractivity contribution in [2.24, 2.45) is 4.99 Å². The minimum atomic E-state index is 0. The molecular weight excluding hydrogens is 435 g/mol. The number of para-hydroxylation sites is 1. The predicted octanol–water partition coefficient (Wildman–Crippen LogP) is 4.64. The Morgan fingerprint density at radius 2 is 1.81 bits per heavy atom. The molecule has 4 nitrogen and oxygen atoms in total. The number of rotatable bonds is 6. The average Bonchev–Trinajstić information content (AvgIpc) is 3.08. The smallest absolute Gasteiger partial charge is 0.191 e. The van der Waals surface area contributed by atoms with Crippen molar-refractivity contribution >= 4 is 40.8 Å². The van der Waals surface area contributed by atoms with Gasteiger partial charge in [-0.25, -0.2) is 0 Å². The number of benzene rings is 2. The third-order valence-electron chi connectivity index (χ3n) is 4.47. The highest BCUT2D eigenvalue weighted by Gasteiger charge is 2.07. The molecule has 5 heteroatoms. The van der Waals surface area contributed by atoms with Gasteiger partial charge in [0.05, 0.1) is 6.04 Å². The zero-order valence-electron chi connectivity index (χ0n) is 15.3. The second-order valence-corrected chi connectivity index (χ2v) is 6.24. The SMILES string of the molecule is CN=C(NCCCc1c[nH]c2ccccc12)NC(C)c1ccccc1.I. The Morgan fingerprint density at radius 3 is 2.58 bits per heavy atom. The van der Waals surface area contributed by atoms with E-state index in [4.69, 9.17) is 0 Å². The molecule has 3 rings (SSSR count). The first-order valence-corrected chi connectivity index (χ1v) is 8.85. The van der Waals surface area contributed by atoms with Crippen LogP contribution < -0.4 is 10.6 Å². The summed E-state index contributed by atoms with van der Waals surface area (Å²) in [5, 5.41) is 8.17.